The summed E-state index contributed by atoms with van der Waals surface area (Å²) in [7, 11) is 0. The molecule has 3 N–H and O–H groups in total. The summed E-state index contributed by atoms with van der Waals surface area (Å²) in [5.41, 5.74) is 3.57. The van der Waals surface area contributed by atoms with Crippen LogP contribution in [0, 0.1) is 11.6 Å². The number of halogens is 3. The molecule has 0 spiro atoms. The van der Waals surface area contributed by atoms with Crippen LogP contribution in [0.4, 0.5) is 8.78 Å². The highest BCUT2D eigenvalue weighted by atomic mass is 79.9. The van der Waals surface area contributed by atoms with Gasteiger partial charge in [0.25, 0.3) is 0 Å². The summed E-state index contributed by atoms with van der Waals surface area (Å²) >= 11 is 4.91. The first-order valence-electron chi connectivity index (χ1n) is 6.37. The van der Waals surface area contributed by atoms with E-state index in [1.807, 2.05) is 6.07 Å². The van der Waals surface area contributed by atoms with Crippen molar-refractivity contribution >= 4 is 27.7 Å². The van der Waals surface area contributed by atoms with Gasteiger partial charge in [-0.25, -0.2) is 8.78 Å². The van der Waals surface area contributed by atoms with Crippen LogP contribution in [-0.4, -0.2) is 11.8 Å². The Morgan fingerprint density at radius 2 is 1.90 bits per heavy atom. The van der Waals surface area contributed by atoms with E-state index in [9.17, 15) is 8.78 Å². The molecule has 0 heterocycles. The molecular formula is C15H15BrF2N2S. The zero-order valence-corrected chi connectivity index (χ0v) is 13.6. The summed E-state index contributed by atoms with van der Waals surface area (Å²) in [4.78, 5) is 0.841. The molecule has 6 heteroatoms. The standard InChI is InChI=1S/C15H15BrF2N2S/c16-15-5-4-12(18)6-10(15)7-13(20-19)9-21-14-3-1-2-11(17)8-14/h1-6,8,13,20H,7,9,19H2. The quantitative estimate of drug-likeness (QED) is 0.458. The molecule has 0 aliphatic rings. The zero-order valence-electron chi connectivity index (χ0n) is 11.2. The van der Waals surface area contributed by atoms with Gasteiger partial charge in [-0.05, 0) is 48.4 Å². The fraction of sp³-hybridized carbons (Fsp3) is 0.200. The summed E-state index contributed by atoms with van der Waals surface area (Å²) in [5, 5.41) is 0. The lowest BCUT2D eigenvalue weighted by molar-refractivity contribution is 0.569. The third-order valence-corrected chi connectivity index (χ3v) is 4.89. The first-order chi connectivity index (χ1) is 10.1. The molecule has 0 aliphatic carbocycles. The number of hydrazine groups is 1. The summed E-state index contributed by atoms with van der Waals surface area (Å²) in [6.07, 6.45) is 0.581. The van der Waals surface area contributed by atoms with Crippen LogP contribution in [0.15, 0.2) is 51.8 Å². The predicted molar refractivity (Wildman–Crippen MR) is 86.0 cm³/mol. The van der Waals surface area contributed by atoms with Crippen molar-refractivity contribution in [1.82, 2.24) is 5.43 Å². The molecule has 0 saturated carbocycles. The number of thioether (sulfide) groups is 1. The second kappa shape index (κ2) is 7.89. The number of nitrogens with one attached hydrogen (secondary N) is 1. The molecule has 2 nitrogen and oxygen atoms in total. The summed E-state index contributed by atoms with van der Waals surface area (Å²) < 4.78 is 27.2. The maximum atomic E-state index is 13.3. The predicted octanol–water partition coefficient (Wildman–Crippen LogP) is 3.89. The van der Waals surface area contributed by atoms with Crippen LogP contribution in [0.25, 0.3) is 0 Å². The van der Waals surface area contributed by atoms with E-state index in [1.54, 1.807) is 12.1 Å². The molecule has 21 heavy (non-hydrogen) atoms. The normalized spacial score (nSPS) is 12.4. The second-order valence-electron chi connectivity index (χ2n) is 4.57. The van der Waals surface area contributed by atoms with Crippen molar-refractivity contribution in [1.29, 1.82) is 0 Å². The summed E-state index contributed by atoms with van der Waals surface area (Å²) in [6.45, 7) is 0. The van der Waals surface area contributed by atoms with Gasteiger partial charge in [0.1, 0.15) is 11.6 Å². The monoisotopic (exact) mass is 372 g/mol. The third kappa shape index (κ3) is 5.07. The SMILES string of the molecule is NNC(CSc1cccc(F)c1)Cc1cc(F)ccc1Br. The molecule has 1 atom stereocenters. The first kappa shape index (κ1) is 16.4. The summed E-state index contributed by atoms with van der Waals surface area (Å²) in [5.74, 6) is 5.68. The number of nitrogens with two attached hydrogens (primary N) is 1. The number of rotatable bonds is 6. The van der Waals surface area contributed by atoms with Gasteiger partial charge in [-0.15, -0.1) is 11.8 Å². The average Bonchev–Trinajstić information content (AvgIpc) is 2.47. The Hall–Kier alpha value is -0.950. The molecule has 2 aromatic carbocycles. The molecule has 2 aromatic rings. The van der Waals surface area contributed by atoms with Gasteiger partial charge in [-0.1, -0.05) is 22.0 Å². The minimum atomic E-state index is -0.276. The zero-order chi connectivity index (χ0) is 15.2. The maximum absolute atomic E-state index is 13.3. The Bertz CT molecular complexity index is 610. The number of benzene rings is 2. The van der Waals surface area contributed by atoms with Gasteiger partial charge < -0.3 is 0 Å². The van der Waals surface area contributed by atoms with Crippen LogP contribution < -0.4 is 11.3 Å². The average molecular weight is 373 g/mol. The third-order valence-electron chi connectivity index (χ3n) is 2.96. The van der Waals surface area contributed by atoms with Crippen LogP contribution in [0.2, 0.25) is 0 Å². The minimum absolute atomic E-state index is 0.0450. The van der Waals surface area contributed by atoms with Crippen molar-refractivity contribution in [3.05, 3.63) is 64.1 Å². The molecule has 0 bridgehead atoms. The van der Waals surface area contributed by atoms with Gasteiger partial charge in [-0.3, -0.25) is 11.3 Å². The maximum Gasteiger partial charge on any atom is 0.124 e. The van der Waals surface area contributed by atoms with E-state index >= 15 is 0 Å². The Balaban J connectivity index is 1.98. The molecule has 1 unspecified atom stereocenters. The lowest BCUT2D eigenvalue weighted by Gasteiger charge is -2.16. The fourth-order valence-corrected chi connectivity index (χ4v) is 3.27. The Morgan fingerprint density at radius 1 is 1.14 bits per heavy atom. The lowest BCUT2D eigenvalue weighted by Crippen LogP contribution is -2.38. The van der Waals surface area contributed by atoms with E-state index in [4.69, 9.17) is 5.84 Å². The molecular weight excluding hydrogens is 358 g/mol. The molecule has 112 valence electrons. The van der Waals surface area contributed by atoms with E-state index in [-0.39, 0.29) is 17.7 Å². The molecule has 0 aromatic heterocycles. The highest BCUT2D eigenvalue weighted by Crippen LogP contribution is 2.23. The van der Waals surface area contributed by atoms with Crippen molar-refractivity contribution in [2.45, 2.75) is 17.4 Å². The van der Waals surface area contributed by atoms with Gasteiger partial charge in [0.2, 0.25) is 0 Å². The number of hydrogen-bond donors (Lipinski definition) is 2. The van der Waals surface area contributed by atoms with Crippen molar-refractivity contribution in [2.75, 3.05) is 5.75 Å². The largest absolute Gasteiger partial charge is 0.271 e. The van der Waals surface area contributed by atoms with Gasteiger partial charge in [0.05, 0.1) is 0 Å². The van der Waals surface area contributed by atoms with Crippen molar-refractivity contribution < 1.29 is 8.78 Å². The molecule has 0 amide bonds. The molecule has 0 saturated heterocycles. The minimum Gasteiger partial charge on any atom is -0.271 e. The molecule has 0 aliphatic heterocycles. The molecule has 0 radical (unpaired) electrons. The van der Waals surface area contributed by atoms with Crippen LogP contribution in [0.3, 0.4) is 0 Å². The highest BCUT2D eigenvalue weighted by Gasteiger charge is 2.12. The van der Waals surface area contributed by atoms with E-state index in [0.29, 0.717) is 12.2 Å². The number of hydrogen-bond acceptors (Lipinski definition) is 3. The van der Waals surface area contributed by atoms with E-state index < -0.39 is 0 Å². The van der Waals surface area contributed by atoms with Crippen LogP contribution in [0.5, 0.6) is 0 Å². The molecule has 0 fully saturated rings. The van der Waals surface area contributed by atoms with Crippen LogP contribution in [0.1, 0.15) is 5.56 Å². The van der Waals surface area contributed by atoms with Gasteiger partial charge >= 0.3 is 0 Å². The lowest BCUT2D eigenvalue weighted by atomic mass is 10.1. The van der Waals surface area contributed by atoms with Crippen molar-refractivity contribution in [3.8, 4) is 0 Å². The van der Waals surface area contributed by atoms with Gasteiger partial charge in [0, 0.05) is 21.2 Å². The Labute approximate surface area is 135 Å². The first-order valence-corrected chi connectivity index (χ1v) is 8.15. The highest BCUT2D eigenvalue weighted by molar-refractivity contribution is 9.10. The van der Waals surface area contributed by atoms with Crippen molar-refractivity contribution in [3.63, 3.8) is 0 Å². The van der Waals surface area contributed by atoms with E-state index in [1.165, 1.54) is 36.0 Å². The summed E-state index contributed by atoms with van der Waals surface area (Å²) in [6, 6.07) is 10.9. The van der Waals surface area contributed by atoms with E-state index in [2.05, 4.69) is 21.4 Å². The van der Waals surface area contributed by atoms with Crippen LogP contribution in [-0.2, 0) is 6.42 Å². The molecule has 2 rings (SSSR count). The Kier molecular flexibility index (Phi) is 6.17. The topological polar surface area (TPSA) is 38.0 Å². The van der Waals surface area contributed by atoms with E-state index in [0.717, 1.165) is 14.9 Å². The van der Waals surface area contributed by atoms with Crippen molar-refractivity contribution in [2.24, 2.45) is 5.84 Å². The van der Waals surface area contributed by atoms with Crippen LogP contribution >= 0.6 is 27.7 Å². The van der Waals surface area contributed by atoms with Gasteiger partial charge in [-0.2, -0.15) is 0 Å². The second-order valence-corrected chi connectivity index (χ2v) is 6.52. The Morgan fingerprint density at radius 3 is 2.62 bits per heavy atom. The smallest absolute Gasteiger partial charge is 0.124 e. The van der Waals surface area contributed by atoms with Gasteiger partial charge in [0.15, 0.2) is 0 Å². The fourth-order valence-electron chi connectivity index (χ4n) is 1.88.